The lowest BCUT2D eigenvalue weighted by Crippen LogP contribution is -2.49. The lowest BCUT2D eigenvalue weighted by atomic mass is 10.1. The molecule has 1 saturated heterocycles. The van der Waals surface area contributed by atoms with Gasteiger partial charge in [0.1, 0.15) is 11.4 Å². The smallest absolute Gasteiger partial charge is 0.255 e. The van der Waals surface area contributed by atoms with Gasteiger partial charge in [-0.2, -0.15) is 0 Å². The highest BCUT2D eigenvalue weighted by atomic mass is 35.5. The third kappa shape index (κ3) is 4.02. The Bertz CT molecular complexity index is 747. The van der Waals surface area contributed by atoms with Gasteiger partial charge in [0.25, 0.3) is 5.91 Å². The molecule has 1 aliphatic heterocycles. The summed E-state index contributed by atoms with van der Waals surface area (Å²) in [5.74, 6) is 0.327. The van der Waals surface area contributed by atoms with E-state index < -0.39 is 6.04 Å². The SMILES string of the molecule is CC(C)NC(=O)[C@@H]1CS[C@@H](c2cccs2)N1C(=O)c1ccc(Cl)cc1. The van der Waals surface area contributed by atoms with Crippen LogP contribution in [0.4, 0.5) is 0 Å². The third-order valence-electron chi connectivity index (χ3n) is 3.85. The lowest BCUT2D eigenvalue weighted by Gasteiger charge is -2.29. The Morgan fingerprint density at radius 1 is 1.24 bits per heavy atom. The maximum Gasteiger partial charge on any atom is 0.255 e. The Morgan fingerprint density at radius 3 is 2.56 bits per heavy atom. The first-order valence-corrected chi connectivity index (χ1v) is 10.3. The maximum absolute atomic E-state index is 13.2. The summed E-state index contributed by atoms with van der Waals surface area (Å²) in [5.41, 5.74) is 0.538. The fourth-order valence-electron chi connectivity index (χ4n) is 2.73. The number of nitrogens with zero attached hydrogens (tertiary/aromatic N) is 1. The van der Waals surface area contributed by atoms with Gasteiger partial charge in [-0.05, 0) is 49.6 Å². The number of benzene rings is 1. The van der Waals surface area contributed by atoms with Crippen LogP contribution < -0.4 is 5.32 Å². The van der Waals surface area contributed by atoms with E-state index in [-0.39, 0.29) is 23.2 Å². The van der Waals surface area contributed by atoms with Crippen molar-refractivity contribution in [3.8, 4) is 0 Å². The molecular weight excluding hydrogens is 376 g/mol. The second-order valence-corrected chi connectivity index (χ2v) is 8.63. The number of thioether (sulfide) groups is 1. The van der Waals surface area contributed by atoms with Crippen LogP contribution in [0, 0.1) is 0 Å². The summed E-state index contributed by atoms with van der Waals surface area (Å²) in [6, 6.07) is 10.3. The molecule has 1 aliphatic rings. The predicted molar refractivity (Wildman–Crippen MR) is 104 cm³/mol. The zero-order valence-corrected chi connectivity index (χ0v) is 16.3. The standard InChI is InChI=1S/C18H19ClN2O2S2/c1-11(2)20-16(22)14-10-25-18(15-4-3-9-24-15)21(14)17(23)12-5-7-13(19)8-6-12/h3-9,11,14,18H,10H2,1-2H3,(H,20,22)/t14-,18-/m0/s1. The topological polar surface area (TPSA) is 49.4 Å². The summed E-state index contributed by atoms with van der Waals surface area (Å²) >= 11 is 9.16. The second kappa shape index (κ2) is 7.81. The molecule has 0 spiro atoms. The van der Waals surface area contributed by atoms with Crippen molar-refractivity contribution >= 4 is 46.5 Å². The van der Waals surface area contributed by atoms with E-state index in [1.54, 1.807) is 52.3 Å². The number of carbonyl (C=O) groups is 2. The molecule has 0 unspecified atom stereocenters. The van der Waals surface area contributed by atoms with E-state index in [0.717, 1.165) is 4.88 Å². The molecule has 1 N–H and O–H groups in total. The Labute approximate surface area is 160 Å². The van der Waals surface area contributed by atoms with Crippen LogP contribution in [-0.4, -0.2) is 34.6 Å². The molecule has 0 bridgehead atoms. The fraction of sp³-hybridized carbons (Fsp3) is 0.333. The van der Waals surface area contributed by atoms with E-state index in [1.165, 1.54) is 0 Å². The zero-order valence-electron chi connectivity index (χ0n) is 13.9. The van der Waals surface area contributed by atoms with Crippen molar-refractivity contribution in [3.05, 3.63) is 57.2 Å². The largest absolute Gasteiger partial charge is 0.352 e. The molecule has 1 aromatic heterocycles. The van der Waals surface area contributed by atoms with Crippen molar-refractivity contribution in [2.45, 2.75) is 31.3 Å². The van der Waals surface area contributed by atoms with Gasteiger partial charge < -0.3 is 10.2 Å². The van der Waals surface area contributed by atoms with Crippen molar-refractivity contribution in [1.82, 2.24) is 10.2 Å². The van der Waals surface area contributed by atoms with Crippen LogP contribution in [0.3, 0.4) is 0 Å². The molecule has 4 nitrogen and oxygen atoms in total. The second-order valence-electron chi connectivity index (χ2n) is 6.10. The normalized spacial score (nSPS) is 20.1. The van der Waals surface area contributed by atoms with Crippen molar-refractivity contribution in [2.24, 2.45) is 0 Å². The van der Waals surface area contributed by atoms with Crippen LogP contribution in [0.2, 0.25) is 5.02 Å². The number of nitrogens with one attached hydrogen (secondary N) is 1. The van der Waals surface area contributed by atoms with E-state index in [1.807, 2.05) is 31.4 Å². The van der Waals surface area contributed by atoms with E-state index in [0.29, 0.717) is 16.3 Å². The maximum atomic E-state index is 13.2. The molecule has 25 heavy (non-hydrogen) atoms. The molecule has 0 saturated carbocycles. The molecular formula is C18H19ClN2O2S2. The summed E-state index contributed by atoms with van der Waals surface area (Å²) in [7, 11) is 0. The first kappa shape index (κ1) is 18.3. The monoisotopic (exact) mass is 394 g/mol. The van der Waals surface area contributed by atoms with E-state index in [2.05, 4.69) is 5.32 Å². The zero-order chi connectivity index (χ0) is 18.0. The van der Waals surface area contributed by atoms with Gasteiger partial charge in [-0.3, -0.25) is 9.59 Å². The Hall–Kier alpha value is -1.50. The number of hydrogen-bond donors (Lipinski definition) is 1. The number of amides is 2. The van der Waals surface area contributed by atoms with Crippen molar-refractivity contribution < 1.29 is 9.59 Å². The van der Waals surface area contributed by atoms with E-state index in [9.17, 15) is 9.59 Å². The van der Waals surface area contributed by atoms with Gasteiger partial charge in [0.15, 0.2) is 0 Å². The summed E-state index contributed by atoms with van der Waals surface area (Å²) in [6.45, 7) is 3.84. The van der Waals surface area contributed by atoms with Crippen LogP contribution in [0.25, 0.3) is 0 Å². The molecule has 2 amide bonds. The van der Waals surface area contributed by atoms with Gasteiger partial charge in [-0.1, -0.05) is 17.7 Å². The highest BCUT2D eigenvalue weighted by molar-refractivity contribution is 7.99. The molecule has 2 heterocycles. The van der Waals surface area contributed by atoms with Crippen LogP contribution in [0.5, 0.6) is 0 Å². The Balaban J connectivity index is 1.92. The summed E-state index contributed by atoms with van der Waals surface area (Å²) in [5, 5.41) is 5.35. The van der Waals surface area contributed by atoms with Crippen LogP contribution in [0.15, 0.2) is 41.8 Å². The highest BCUT2D eigenvalue weighted by Crippen LogP contribution is 2.43. The predicted octanol–water partition coefficient (Wildman–Crippen LogP) is 4.18. The Kier molecular flexibility index (Phi) is 5.71. The molecule has 1 fully saturated rings. The summed E-state index contributed by atoms with van der Waals surface area (Å²) in [6.07, 6.45) is 0. The summed E-state index contributed by atoms with van der Waals surface area (Å²) < 4.78 is 0. The molecule has 7 heteroatoms. The molecule has 2 aromatic rings. The average molecular weight is 395 g/mol. The van der Waals surface area contributed by atoms with E-state index in [4.69, 9.17) is 11.6 Å². The number of rotatable bonds is 4. The molecule has 3 rings (SSSR count). The van der Waals surface area contributed by atoms with Crippen molar-refractivity contribution in [2.75, 3.05) is 5.75 Å². The van der Waals surface area contributed by atoms with Gasteiger partial charge >= 0.3 is 0 Å². The minimum absolute atomic E-state index is 0.0331. The number of halogens is 1. The number of thiophene rings is 1. The van der Waals surface area contributed by atoms with Gasteiger partial charge in [0.2, 0.25) is 5.91 Å². The van der Waals surface area contributed by atoms with Crippen LogP contribution >= 0.6 is 34.7 Å². The average Bonchev–Trinajstić information content (AvgIpc) is 3.23. The minimum Gasteiger partial charge on any atom is -0.352 e. The van der Waals surface area contributed by atoms with Gasteiger partial charge in [-0.15, -0.1) is 23.1 Å². The lowest BCUT2D eigenvalue weighted by molar-refractivity contribution is -0.125. The molecule has 1 aromatic carbocycles. The van der Waals surface area contributed by atoms with E-state index >= 15 is 0 Å². The number of hydrogen-bond acceptors (Lipinski definition) is 4. The number of carbonyl (C=O) groups excluding carboxylic acids is 2. The highest BCUT2D eigenvalue weighted by Gasteiger charge is 2.43. The molecule has 132 valence electrons. The van der Waals surface area contributed by atoms with Crippen LogP contribution in [0.1, 0.15) is 34.5 Å². The summed E-state index contributed by atoms with van der Waals surface area (Å²) in [4.78, 5) is 28.6. The van der Waals surface area contributed by atoms with Crippen molar-refractivity contribution in [1.29, 1.82) is 0 Å². The molecule has 0 radical (unpaired) electrons. The van der Waals surface area contributed by atoms with Gasteiger partial charge in [-0.25, -0.2) is 0 Å². The first-order valence-electron chi connectivity index (χ1n) is 8.01. The van der Waals surface area contributed by atoms with Crippen LogP contribution in [-0.2, 0) is 4.79 Å². The minimum atomic E-state index is -0.484. The van der Waals surface area contributed by atoms with Crippen molar-refractivity contribution in [3.63, 3.8) is 0 Å². The Morgan fingerprint density at radius 2 is 1.96 bits per heavy atom. The van der Waals surface area contributed by atoms with Gasteiger partial charge in [0.05, 0.1) is 0 Å². The molecule has 0 aliphatic carbocycles. The fourth-order valence-corrected chi connectivity index (χ4v) is 5.25. The third-order valence-corrected chi connectivity index (χ3v) is 6.48. The quantitative estimate of drug-likeness (QED) is 0.846. The first-order chi connectivity index (χ1) is 12.0. The van der Waals surface area contributed by atoms with Gasteiger partial charge in [0, 0.05) is 27.3 Å². The molecule has 2 atom stereocenters.